The number of hydrogen-bond donors (Lipinski definition) is 2. The highest BCUT2D eigenvalue weighted by Crippen LogP contribution is 2.01. The molecule has 0 heterocycles. The molecule has 0 bridgehead atoms. The highest BCUT2D eigenvalue weighted by molar-refractivity contribution is 5.79. The number of methoxy groups -OCH3 is 1. The van der Waals surface area contributed by atoms with E-state index in [2.05, 4.69) is 43.0 Å². The molecule has 3 N–H and O–H groups in total. The molecular weight excluding hydrogens is 216 g/mol. The van der Waals surface area contributed by atoms with Crippen LogP contribution in [0.15, 0.2) is 4.99 Å². The molecule has 0 atom stereocenters. The Labute approximate surface area is 105 Å². The average Bonchev–Trinajstić information content (AvgIpc) is 2.25. The molecule has 0 aliphatic heterocycles. The fourth-order valence-electron chi connectivity index (χ4n) is 1.43. The van der Waals surface area contributed by atoms with Gasteiger partial charge in [-0.3, -0.25) is 10.4 Å². The molecule has 0 rings (SSSR count). The summed E-state index contributed by atoms with van der Waals surface area (Å²) < 4.78 is 5.11. The van der Waals surface area contributed by atoms with E-state index in [1.54, 1.807) is 7.11 Å². The van der Waals surface area contributed by atoms with Gasteiger partial charge in [0.05, 0.1) is 6.61 Å². The summed E-state index contributed by atoms with van der Waals surface area (Å²) in [7, 11) is 1.70. The van der Waals surface area contributed by atoms with Gasteiger partial charge in [0.2, 0.25) is 5.96 Å². The summed E-state index contributed by atoms with van der Waals surface area (Å²) in [5, 5.41) is 0. The summed E-state index contributed by atoms with van der Waals surface area (Å²) in [4.78, 5) is 6.63. The summed E-state index contributed by atoms with van der Waals surface area (Å²) >= 11 is 0. The highest BCUT2D eigenvalue weighted by atomic mass is 16.5. The predicted octanol–water partition coefficient (Wildman–Crippen LogP) is 1.07. The van der Waals surface area contributed by atoms with Crippen molar-refractivity contribution in [1.82, 2.24) is 10.3 Å². The Morgan fingerprint density at radius 3 is 2.35 bits per heavy atom. The predicted molar refractivity (Wildman–Crippen MR) is 72.8 cm³/mol. The van der Waals surface area contributed by atoms with Crippen molar-refractivity contribution < 1.29 is 4.74 Å². The van der Waals surface area contributed by atoms with E-state index in [0.717, 1.165) is 25.6 Å². The number of nitrogens with one attached hydrogen (secondary N) is 1. The average molecular weight is 244 g/mol. The van der Waals surface area contributed by atoms with Crippen molar-refractivity contribution in [3.8, 4) is 0 Å². The molecule has 17 heavy (non-hydrogen) atoms. The van der Waals surface area contributed by atoms with E-state index in [1.807, 2.05) is 0 Å². The molecule has 0 unspecified atom stereocenters. The molecule has 0 spiro atoms. The lowest BCUT2D eigenvalue weighted by atomic mass is 10.2. The molecule has 0 saturated heterocycles. The van der Waals surface area contributed by atoms with Gasteiger partial charge in [0.15, 0.2) is 0 Å². The van der Waals surface area contributed by atoms with Crippen molar-refractivity contribution in [3.05, 3.63) is 0 Å². The third-order valence-electron chi connectivity index (χ3n) is 2.19. The van der Waals surface area contributed by atoms with Crippen molar-refractivity contribution in [2.75, 3.05) is 33.4 Å². The van der Waals surface area contributed by atoms with Crippen LogP contribution in [0.2, 0.25) is 0 Å². The third kappa shape index (κ3) is 7.99. The summed E-state index contributed by atoms with van der Waals surface area (Å²) in [6.45, 7) is 11.8. The van der Waals surface area contributed by atoms with E-state index in [-0.39, 0.29) is 0 Å². The van der Waals surface area contributed by atoms with Crippen LogP contribution in [0, 0.1) is 11.8 Å². The van der Waals surface area contributed by atoms with E-state index in [4.69, 9.17) is 10.6 Å². The summed E-state index contributed by atoms with van der Waals surface area (Å²) in [6.07, 6.45) is 0. The maximum Gasteiger partial charge on any atom is 0.208 e. The van der Waals surface area contributed by atoms with E-state index in [0.29, 0.717) is 18.4 Å². The van der Waals surface area contributed by atoms with Gasteiger partial charge in [0.25, 0.3) is 0 Å². The SMILES string of the molecule is COCCN(CC(C)C)C(=NCC(C)C)NN. The smallest absolute Gasteiger partial charge is 0.208 e. The molecule has 0 fully saturated rings. The molecule has 0 aromatic carbocycles. The maximum atomic E-state index is 5.54. The van der Waals surface area contributed by atoms with Gasteiger partial charge in [-0.05, 0) is 11.8 Å². The van der Waals surface area contributed by atoms with Crippen LogP contribution in [0.5, 0.6) is 0 Å². The minimum Gasteiger partial charge on any atom is -0.383 e. The third-order valence-corrected chi connectivity index (χ3v) is 2.19. The number of nitrogens with zero attached hydrogens (tertiary/aromatic N) is 2. The van der Waals surface area contributed by atoms with Gasteiger partial charge in [-0.25, -0.2) is 5.84 Å². The number of ether oxygens (including phenoxy) is 1. The molecule has 0 aromatic rings. The van der Waals surface area contributed by atoms with E-state index >= 15 is 0 Å². The van der Waals surface area contributed by atoms with Crippen LogP contribution in [0.3, 0.4) is 0 Å². The van der Waals surface area contributed by atoms with Gasteiger partial charge in [0.1, 0.15) is 0 Å². The van der Waals surface area contributed by atoms with E-state index in [9.17, 15) is 0 Å². The molecule has 0 aromatic heterocycles. The molecule has 0 aliphatic carbocycles. The number of nitrogens with two attached hydrogens (primary N) is 1. The zero-order valence-corrected chi connectivity index (χ0v) is 11.9. The zero-order valence-electron chi connectivity index (χ0n) is 11.9. The summed E-state index contributed by atoms with van der Waals surface area (Å²) in [6, 6.07) is 0. The lowest BCUT2D eigenvalue weighted by Crippen LogP contribution is -2.47. The van der Waals surface area contributed by atoms with Crippen molar-refractivity contribution in [1.29, 1.82) is 0 Å². The number of hydrazine groups is 1. The Morgan fingerprint density at radius 2 is 1.94 bits per heavy atom. The van der Waals surface area contributed by atoms with Crippen LogP contribution in [-0.2, 0) is 4.74 Å². The lowest BCUT2D eigenvalue weighted by molar-refractivity contribution is 0.170. The first-order chi connectivity index (χ1) is 8.01. The fraction of sp³-hybridized carbons (Fsp3) is 0.917. The topological polar surface area (TPSA) is 62.9 Å². The molecule has 5 nitrogen and oxygen atoms in total. The van der Waals surface area contributed by atoms with Crippen molar-refractivity contribution in [2.45, 2.75) is 27.7 Å². The first-order valence-electron chi connectivity index (χ1n) is 6.26. The largest absolute Gasteiger partial charge is 0.383 e. The standard InChI is InChI=1S/C12H28N4O/c1-10(2)8-14-12(15-13)16(6-7-17-5)9-11(3)4/h10-11H,6-9,13H2,1-5H3,(H,14,15). The molecule has 0 aliphatic rings. The second kappa shape index (κ2) is 9.24. The van der Waals surface area contributed by atoms with Gasteiger partial charge in [-0.1, -0.05) is 27.7 Å². The molecule has 0 amide bonds. The maximum absolute atomic E-state index is 5.54. The van der Waals surface area contributed by atoms with Crippen LogP contribution in [0.25, 0.3) is 0 Å². The van der Waals surface area contributed by atoms with Crippen LogP contribution in [0.4, 0.5) is 0 Å². The van der Waals surface area contributed by atoms with Gasteiger partial charge >= 0.3 is 0 Å². The number of aliphatic imine (C=N–C) groups is 1. The normalized spacial score (nSPS) is 12.4. The van der Waals surface area contributed by atoms with Gasteiger partial charge < -0.3 is 9.64 Å². The van der Waals surface area contributed by atoms with Crippen LogP contribution in [0.1, 0.15) is 27.7 Å². The Bertz CT molecular complexity index is 217. The Hall–Kier alpha value is -0.810. The zero-order chi connectivity index (χ0) is 13.3. The molecular formula is C12H28N4O. The van der Waals surface area contributed by atoms with Crippen molar-refractivity contribution in [3.63, 3.8) is 0 Å². The van der Waals surface area contributed by atoms with Gasteiger partial charge in [0, 0.05) is 26.7 Å². The Morgan fingerprint density at radius 1 is 1.29 bits per heavy atom. The van der Waals surface area contributed by atoms with E-state index < -0.39 is 0 Å². The highest BCUT2D eigenvalue weighted by Gasteiger charge is 2.11. The number of guanidine groups is 1. The number of rotatable bonds is 7. The quantitative estimate of drug-likeness (QED) is 0.304. The van der Waals surface area contributed by atoms with Gasteiger partial charge in [-0.2, -0.15) is 0 Å². The van der Waals surface area contributed by atoms with Crippen LogP contribution >= 0.6 is 0 Å². The second-order valence-electron chi connectivity index (χ2n) is 5.04. The van der Waals surface area contributed by atoms with Crippen LogP contribution in [-0.4, -0.2) is 44.2 Å². The summed E-state index contributed by atoms with van der Waals surface area (Å²) in [5.74, 6) is 7.39. The molecule has 0 saturated carbocycles. The lowest BCUT2D eigenvalue weighted by Gasteiger charge is -2.27. The molecule has 5 heteroatoms. The molecule has 0 radical (unpaired) electrons. The molecule has 102 valence electrons. The monoisotopic (exact) mass is 244 g/mol. The first-order valence-corrected chi connectivity index (χ1v) is 6.26. The van der Waals surface area contributed by atoms with Gasteiger partial charge in [-0.15, -0.1) is 0 Å². The van der Waals surface area contributed by atoms with Crippen LogP contribution < -0.4 is 11.3 Å². The van der Waals surface area contributed by atoms with E-state index in [1.165, 1.54) is 0 Å². The number of hydrogen-bond acceptors (Lipinski definition) is 3. The van der Waals surface area contributed by atoms with Crippen molar-refractivity contribution in [2.24, 2.45) is 22.7 Å². The minimum absolute atomic E-state index is 0.529. The fourth-order valence-corrected chi connectivity index (χ4v) is 1.43. The van der Waals surface area contributed by atoms with Crippen molar-refractivity contribution >= 4 is 5.96 Å². The minimum atomic E-state index is 0.529. The summed E-state index contributed by atoms with van der Waals surface area (Å²) in [5.41, 5.74) is 2.69. The Kier molecular flexibility index (Phi) is 8.80. The second-order valence-corrected chi connectivity index (χ2v) is 5.04. The Balaban J connectivity index is 4.52. The first kappa shape index (κ1) is 16.2.